The van der Waals surface area contributed by atoms with E-state index < -0.39 is 104 Å². The molecule has 4 amide bonds. The molecular weight excluding hydrogens is 714 g/mol. The number of halogens is 7. The zero-order valence-electron chi connectivity index (χ0n) is 26.5. The van der Waals surface area contributed by atoms with Gasteiger partial charge < -0.3 is 14.6 Å². The van der Waals surface area contributed by atoms with Gasteiger partial charge >= 0.3 is 0 Å². The first-order valence-corrected chi connectivity index (χ1v) is 16.7. The van der Waals surface area contributed by atoms with E-state index in [1.165, 1.54) is 31.3 Å². The zero-order chi connectivity index (χ0) is 36.2. The highest BCUT2D eigenvalue weighted by Crippen LogP contribution is 2.66. The number of phenolic OH excluding ortho intramolecular Hbond substituents is 1. The molecule has 9 nitrogen and oxygen atoms in total. The Bertz CT molecular complexity index is 1870. The molecule has 7 rings (SSSR count). The number of imide groups is 2. The predicted molar refractivity (Wildman–Crippen MR) is 166 cm³/mol. The average Bonchev–Trinajstić information content (AvgIpc) is 3.45. The van der Waals surface area contributed by atoms with E-state index in [0.29, 0.717) is 12.8 Å². The Kier molecular flexibility index (Phi) is 8.17. The van der Waals surface area contributed by atoms with E-state index in [9.17, 15) is 37.5 Å². The van der Waals surface area contributed by atoms with Crippen LogP contribution in [-0.4, -0.2) is 63.6 Å². The van der Waals surface area contributed by atoms with Gasteiger partial charge in [0, 0.05) is 12.0 Å². The lowest BCUT2D eigenvalue weighted by molar-refractivity contribution is -0.143. The molecule has 2 heterocycles. The van der Waals surface area contributed by atoms with Gasteiger partial charge in [0.25, 0.3) is 11.8 Å². The lowest BCUT2D eigenvalue weighted by atomic mass is 9.56. The minimum Gasteiger partial charge on any atom is -0.502 e. The van der Waals surface area contributed by atoms with Crippen LogP contribution in [0, 0.1) is 46.8 Å². The average molecular weight is 744 g/mol. The molecule has 50 heavy (non-hydrogen) atoms. The number of amides is 4. The Labute approximate surface area is 291 Å². The number of rotatable bonds is 5. The van der Waals surface area contributed by atoms with E-state index in [-0.39, 0.29) is 40.0 Å². The lowest BCUT2D eigenvalue weighted by Gasteiger charge is -2.50. The summed E-state index contributed by atoms with van der Waals surface area (Å²) in [5.74, 6) is -21.7. The number of ether oxygens (including phenoxy) is 2. The number of carbonyl (C=O) groups is 4. The minimum atomic E-state index is -2.72. The summed E-state index contributed by atoms with van der Waals surface area (Å²) in [5.41, 5.74) is -1.55. The minimum absolute atomic E-state index is 0.0267. The first-order chi connectivity index (χ1) is 23.6. The number of methoxy groups -OCH3 is 2. The van der Waals surface area contributed by atoms with Crippen LogP contribution in [0.15, 0.2) is 23.8 Å². The van der Waals surface area contributed by atoms with Crippen LogP contribution in [0.1, 0.15) is 56.4 Å². The monoisotopic (exact) mass is 742 g/mol. The molecule has 5 aliphatic rings. The maximum Gasteiger partial charge on any atom is 0.258 e. The van der Waals surface area contributed by atoms with Crippen molar-refractivity contribution in [1.82, 2.24) is 4.90 Å². The SMILES string of the molecule is COc1cc(C2C3=CCC4C(=O)N(C5CCCCC5)C(=O)C4C3CC3(Cl)C(=O)N(c4c(F)c(F)c(F)c(F)c4F)C(=O)C23Cl)cc(OC)c1O. The van der Waals surface area contributed by atoms with E-state index in [1.807, 2.05) is 0 Å². The quantitative estimate of drug-likeness (QED) is 0.0999. The molecule has 0 aromatic heterocycles. The third-order valence-corrected chi connectivity index (χ3v) is 12.4. The highest BCUT2D eigenvalue weighted by Gasteiger charge is 2.77. The first-order valence-electron chi connectivity index (χ1n) is 16.0. The Balaban J connectivity index is 1.45. The smallest absolute Gasteiger partial charge is 0.258 e. The third-order valence-electron chi connectivity index (χ3n) is 11.0. The van der Waals surface area contributed by atoms with Crippen LogP contribution in [0.5, 0.6) is 17.2 Å². The van der Waals surface area contributed by atoms with Crippen LogP contribution in [0.25, 0.3) is 0 Å². The first kappa shape index (κ1) is 34.5. The molecule has 3 aliphatic carbocycles. The molecule has 2 aliphatic heterocycles. The number of benzene rings is 2. The van der Waals surface area contributed by atoms with E-state index >= 15 is 8.78 Å². The van der Waals surface area contributed by atoms with Crippen molar-refractivity contribution >= 4 is 52.5 Å². The Hall–Kier alpha value is -3.91. The van der Waals surface area contributed by atoms with Gasteiger partial charge in [0.1, 0.15) is 5.69 Å². The van der Waals surface area contributed by atoms with Crippen molar-refractivity contribution in [2.75, 3.05) is 19.1 Å². The Morgan fingerprint density at radius 1 is 0.800 bits per heavy atom. The summed E-state index contributed by atoms with van der Waals surface area (Å²) in [5, 5.41) is 10.7. The van der Waals surface area contributed by atoms with Gasteiger partial charge in [-0.05, 0) is 49.3 Å². The van der Waals surface area contributed by atoms with Gasteiger partial charge in [-0.1, -0.05) is 30.9 Å². The van der Waals surface area contributed by atoms with Crippen LogP contribution in [0.2, 0.25) is 0 Å². The number of aromatic hydroxyl groups is 1. The number of allylic oxidation sites excluding steroid dienone is 2. The fourth-order valence-corrected chi connectivity index (χ4v) is 9.68. The van der Waals surface area contributed by atoms with Crippen molar-refractivity contribution in [2.24, 2.45) is 17.8 Å². The fourth-order valence-electron chi connectivity index (χ4n) is 8.74. The maximum atomic E-state index is 15.3. The number of phenols is 1. The molecule has 0 spiro atoms. The molecule has 0 bridgehead atoms. The van der Waals surface area contributed by atoms with E-state index in [1.54, 1.807) is 6.08 Å². The predicted octanol–water partition coefficient (Wildman–Crippen LogP) is 6.00. The summed E-state index contributed by atoms with van der Waals surface area (Å²) in [6.07, 6.45) is 4.85. The van der Waals surface area contributed by atoms with Crippen molar-refractivity contribution in [2.45, 2.75) is 66.7 Å². The van der Waals surface area contributed by atoms with Gasteiger partial charge in [0.05, 0.1) is 26.1 Å². The zero-order valence-corrected chi connectivity index (χ0v) is 28.0. The normalized spacial score (nSPS) is 31.1. The fraction of sp³-hybridized carbons (Fsp3) is 0.471. The molecule has 2 aromatic rings. The number of alkyl halides is 2. The number of nitrogens with zero attached hydrogens (tertiary/aromatic N) is 2. The summed E-state index contributed by atoms with van der Waals surface area (Å²) in [6.45, 7) is 0. The number of hydrogen-bond donors (Lipinski definition) is 1. The van der Waals surface area contributed by atoms with Crippen LogP contribution >= 0.6 is 23.2 Å². The molecule has 4 fully saturated rings. The van der Waals surface area contributed by atoms with Crippen molar-refractivity contribution < 1.29 is 55.7 Å². The molecular formula is C34H29Cl2F5N2O7. The molecule has 6 atom stereocenters. The summed E-state index contributed by atoms with van der Waals surface area (Å²) in [7, 11) is 2.43. The molecule has 266 valence electrons. The Morgan fingerprint density at radius 3 is 1.92 bits per heavy atom. The summed E-state index contributed by atoms with van der Waals surface area (Å²) in [4.78, 5) is 52.5. The van der Waals surface area contributed by atoms with Gasteiger partial charge in [0.15, 0.2) is 44.5 Å². The van der Waals surface area contributed by atoms with Gasteiger partial charge in [-0.2, -0.15) is 0 Å². The molecule has 1 N–H and O–H groups in total. The number of hydrogen-bond acceptors (Lipinski definition) is 7. The lowest BCUT2D eigenvalue weighted by Crippen LogP contribution is -2.60. The van der Waals surface area contributed by atoms with Gasteiger partial charge in [-0.3, -0.25) is 24.1 Å². The van der Waals surface area contributed by atoms with Gasteiger partial charge in [-0.15, -0.1) is 23.2 Å². The van der Waals surface area contributed by atoms with Gasteiger partial charge in [0.2, 0.25) is 23.4 Å². The van der Waals surface area contributed by atoms with Crippen LogP contribution < -0.4 is 14.4 Å². The number of carbonyl (C=O) groups excluding carboxylic acids is 4. The number of fused-ring (bicyclic) bond motifs is 4. The molecule has 16 heteroatoms. The van der Waals surface area contributed by atoms with E-state index in [0.717, 1.165) is 19.3 Å². The molecule has 0 radical (unpaired) electrons. The largest absolute Gasteiger partial charge is 0.502 e. The summed E-state index contributed by atoms with van der Waals surface area (Å²) in [6, 6.07) is 2.18. The molecule has 2 aromatic carbocycles. The van der Waals surface area contributed by atoms with Gasteiger partial charge in [-0.25, -0.2) is 26.9 Å². The molecule has 2 saturated carbocycles. The number of likely N-dealkylation sites (tertiary alicyclic amines) is 1. The highest BCUT2D eigenvalue weighted by molar-refractivity contribution is 6.58. The Morgan fingerprint density at radius 2 is 1.36 bits per heavy atom. The van der Waals surface area contributed by atoms with Crippen LogP contribution in [0.4, 0.5) is 27.6 Å². The second kappa shape index (κ2) is 11.8. The second-order valence-electron chi connectivity index (χ2n) is 13.3. The molecule has 2 saturated heterocycles. The van der Waals surface area contributed by atoms with Crippen LogP contribution in [0.3, 0.4) is 0 Å². The van der Waals surface area contributed by atoms with Crippen molar-refractivity contribution in [3.8, 4) is 17.2 Å². The van der Waals surface area contributed by atoms with Crippen molar-refractivity contribution in [1.29, 1.82) is 0 Å². The summed E-state index contributed by atoms with van der Waals surface area (Å²) >= 11 is 14.4. The van der Waals surface area contributed by atoms with Crippen LogP contribution in [-0.2, 0) is 19.2 Å². The standard InChI is InChI=1S/C34H29Cl2F5N2O7/c1-49-18-10-13(11-19(50-2)28(18)44)21-15-8-9-16-20(30(46)42(29(16)45)14-6-4-3-5-7-14)17(15)12-33(35)31(47)43(32(48)34(21,33)36)27-25(40)23(38)22(37)24(39)26(27)41/h8,10-11,14,16-17,20-21,44H,3-7,9,12H2,1-2H3. The number of anilines is 1. The van der Waals surface area contributed by atoms with Crippen molar-refractivity contribution in [3.05, 3.63) is 58.4 Å². The third kappa shape index (κ3) is 4.36. The topological polar surface area (TPSA) is 113 Å². The van der Waals surface area contributed by atoms with E-state index in [2.05, 4.69) is 0 Å². The summed E-state index contributed by atoms with van der Waals surface area (Å²) < 4.78 is 84.1. The highest BCUT2D eigenvalue weighted by atomic mass is 35.5. The molecule has 6 unspecified atom stereocenters. The maximum absolute atomic E-state index is 15.3. The second-order valence-corrected chi connectivity index (χ2v) is 14.5. The van der Waals surface area contributed by atoms with E-state index in [4.69, 9.17) is 32.7 Å². The van der Waals surface area contributed by atoms with Crippen molar-refractivity contribution in [3.63, 3.8) is 0 Å².